The second-order valence-corrected chi connectivity index (χ2v) is 6.96. The number of benzene rings is 2. The summed E-state index contributed by atoms with van der Waals surface area (Å²) < 4.78 is 12.8. The zero-order valence-electron chi connectivity index (χ0n) is 17.4. The number of carbonyl (C=O) groups excluding carboxylic acids is 1. The predicted octanol–water partition coefficient (Wildman–Crippen LogP) is 4.32. The third-order valence-electron chi connectivity index (χ3n) is 4.30. The fourth-order valence-corrected chi connectivity index (χ4v) is 2.96. The van der Waals surface area contributed by atoms with Crippen molar-refractivity contribution >= 4 is 11.6 Å². The van der Waals surface area contributed by atoms with Crippen molar-refractivity contribution in [1.82, 2.24) is 15.0 Å². The molecule has 0 saturated carbocycles. The van der Waals surface area contributed by atoms with E-state index >= 15 is 0 Å². The molecule has 0 aliphatic rings. The molecule has 0 aliphatic heterocycles. The Balaban J connectivity index is 1.76. The molecule has 0 atom stereocenters. The quantitative estimate of drug-likeness (QED) is 0.646. The molecule has 1 amide bonds. The number of rotatable bonds is 7. The van der Waals surface area contributed by atoms with Crippen molar-refractivity contribution in [3.05, 3.63) is 59.4 Å². The lowest BCUT2D eigenvalue weighted by molar-refractivity contribution is 0.102. The van der Waals surface area contributed by atoms with Gasteiger partial charge in [-0.1, -0.05) is 5.21 Å². The molecular weight excluding hydrogens is 368 g/mol. The van der Waals surface area contributed by atoms with Gasteiger partial charge in [0.2, 0.25) is 0 Å². The van der Waals surface area contributed by atoms with Gasteiger partial charge >= 0.3 is 0 Å². The van der Waals surface area contributed by atoms with E-state index in [0.717, 1.165) is 22.7 Å². The SMILES string of the molecule is CCOc1ccc(NC(=O)c2nnn(-c3ccc(OC(C)C)cc3)c2C)cc1C. The summed E-state index contributed by atoms with van der Waals surface area (Å²) >= 11 is 0. The molecular formula is C22H26N4O3. The monoisotopic (exact) mass is 394 g/mol. The highest BCUT2D eigenvalue weighted by atomic mass is 16.5. The molecule has 1 heterocycles. The normalized spacial score (nSPS) is 10.8. The maximum Gasteiger partial charge on any atom is 0.278 e. The number of nitrogens with one attached hydrogen (secondary N) is 1. The van der Waals surface area contributed by atoms with Gasteiger partial charge in [0.1, 0.15) is 11.5 Å². The van der Waals surface area contributed by atoms with Gasteiger partial charge in [-0.15, -0.1) is 5.10 Å². The van der Waals surface area contributed by atoms with Crippen molar-refractivity contribution in [1.29, 1.82) is 0 Å². The molecule has 0 unspecified atom stereocenters. The number of amides is 1. The average molecular weight is 394 g/mol. The zero-order chi connectivity index (χ0) is 21.0. The number of aryl methyl sites for hydroxylation is 1. The van der Waals surface area contributed by atoms with Crippen LogP contribution in [0.25, 0.3) is 5.69 Å². The second kappa shape index (κ2) is 8.77. The van der Waals surface area contributed by atoms with E-state index < -0.39 is 0 Å². The number of anilines is 1. The van der Waals surface area contributed by atoms with Crippen LogP contribution in [0.1, 0.15) is 42.5 Å². The molecule has 1 N–H and O–H groups in total. The fraction of sp³-hybridized carbons (Fsp3) is 0.318. The van der Waals surface area contributed by atoms with Crippen LogP contribution in [0.15, 0.2) is 42.5 Å². The zero-order valence-corrected chi connectivity index (χ0v) is 17.4. The molecule has 7 nitrogen and oxygen atoms in total. The van der Waals surface area contributed by atoms with Crippen LogP contribution in [-0.4, -0.2) is 33.6 Å². The predicted molar refractivity (Wildman–Crippen MR) is 112 cm³/mol. The fourth-order valence-electron chi connectivity index (χ4n) is 2.96. The lowest BCUT2D eigenvalue weighted by Crippen LogP contribution is -2.14. The minimum atomic E-state index is -0.308. The Labute approximate surface area is 170 Å². The third kappa shape index (κ3) is 4.74. The lowest BCUT2D eigenvalue weighted by Gasteiger charge is -2.11. The van der Waals surface area contributed by atoms with Crippen LogP contribution in [0.2, 0.25) is 0 Å². The molecule has 0 fully saturated rings. The van der Waals surface area contributed by atoms with Gasteiger partial charge in [-0.25, -0.2) is 4.68 Å². The molecule has 0 bridgehead atoms. The number of hydrogen-bond donors (Lipinski definition) is 1. The topological polar surface area (TPSA) is 78.3 Å². The smallest absolute Gasteiger partial charge is 0.278 e. The van der Waals surface area contributed by atoms with Crippen LogP contribution in [0.4, 0.5) is 5.69 Å². The first-order valence-corrected chi connectivity index (χ1v) is 9.63. The summed E-state index contributed by atoms with van der Waals surface area (Å²) in [5.41, 5.74) is 3.37. The summed E-state index contributed by atoms with van der Waals surface area (Å²) in [5, 5.41) is 11.1. The molecule has 2 aromatic carbocycles. The summed E-state index contributed by atoms with van der Waals surface area (Å²) in [7, 11) is 0. The highest BCUT2D eigenvalue weighted by Crippen LogP contribution is 2.23. The van der Waals surface area contributed by atoms with E-state index in [-0.39, 0.29) is 17.7 Å². The maximum absolute atomic E-state index is 12.7. The van der Waals surface area contributed by atoms with Crippen LogP contribution in [0.5, 0.6) is 11.5 Å². The van der Waals surface area contributed by atoms with Gasteiger partial charge in [0.25, 0.3) is 5.91 Å². The Bertz CT molecular complexity index is 994. The van der Waals surface area contributed by atoms with Crippen molar-refractivity contribution in [2.45, 2.75) is 40.7 Å². The Kier molecular flexibility index (Phi) is 6.16. The van der Waals surface area contributed by atoms with Gasteiger partial charge < -0.3 is 14.8 Å². The first-order chi connectivity index (χ1) is 13.9. The second-order valence-electron chi connectivity index (χ2n) is 6.96. The Hall–Kier alpha value is -3.35. The van der Waals surface area contributed by atoms with E-state index in [1.807, 2.05) is 77.1 Å². The van der Waals surface area contributed by atoms with Gasteiger partial charge in [0.05, 0.1) is 24.1 Å². The Morgan fingerprint density at radius 2 is 1.86 bits per heavy atom. The van der Waals surface area contributed by atoms with Gasteiger partial charge in [-0.2, -0.15) is 0 Å². The van der Waals surface area contributed by atoms with Crippen LogP contribution in [-0.2, 0) is 0 Å². The van der Waals surface area contributed by atoms with E-state index in [4.69, 9.17) is 9.47 Å². The van der Waals surface area contributed by atoms with Crippen LogP contribution in [0, 0.1) is 13.8 Å². The van der Waals surface area contributed by atoms with Crippen molar-refractivity contribution in [3.63, 3.8) is 0 Å². The Morgan fingerprint density at radius 1 is 1.14 bits per heavy atom. The maximum atomic E-state index is 12.7. The number of carbonyl (C=O) groups is 1. The van der Waals surface area contributed by atoms with Gasteiger partial charge in [0.15, 0.2) is 5.69 Å². The molecule has 0 aliphatic carbocycles. The number of nitrogens with zero attached hydrogens (tertiary/aromatic N) is 3. The molecule has 0 spiro atoms. The average Bonchev–Trinajstić information content (AvgIpc) is 3.06. The van der Waals surface area contributed by atoms with Crippen LogP contribution < -0.4 is 14.8 Å². The van der Waals surface area contributed by atoms with E-state index in [1.54, 1.807) is 4.68 Å². The Morgan fingerprint density at radius 3 is 2.48 bits per heavy atom. The molecule has 152 valence electrons. The number of ether oxygens (including phenoxy) is 2. The van der Waals surface area contributed by atoms with Crippen LogP contribution in [0.3, 0.4) is 0 Å². The number of aromatic nitrogens is 3. The standard InChI is InChI=1S/C22H26N4O3/c1-6-28-20-12-7-17(13-15(20)4)23-22(27)21-16(5)26(25-24-21)18-8-10-19(11-9-18)29-14(2)3/h7-14H,6H2,1-5H3,(H,23,27). The van der Waals surface area contributed by atoms with Gasteiger partial charge in [0, 0.05) is 5.69 Å². The first-order valence-electron chi connectivity index (χ1n) is 9.63. The summed E-state index contributed by atoms with van der Waals surface area (Å²) in [5.74, 6) is 1.28. The summed E-state index contributed by atoms with van der Waals surface area (Å²) in [6, 6.07) is 13.0. The molecule has 1 aromatic heterocycles. The third-order valence-corrected chi connectivity index (χ3v) is 4.30. The number of hydrogen-bond acceptors (Lipinski definition) is 5. The van der Waals surface area contributed by atoms with Crippen molar-refractivity contribution < 1.29 is 14.3 Å². The van der Waals surface area contributed by atoms with Gasteiger partial charge in [-0.05, 0) is 82.6 Å². The van der Waals surface area contributed by atoms with Crippen molar-refractivity contribution in [2.75, 3.05) is 11.9 Å². The molecule has 0 radical (unpaired) electrons. The summed E-state index contributed by atoms with van der Waals surface area (Å²) in [6.07, 6.45) is 0.107. The minimum absolute atomic E-state index is 0.107. The molecule has 3 aromatic rings. The molecule has 29 heavy (non-hydrogen) atoms. The molecule has 3 rings (SSSR count). The highest BCUT2D eigenvalue weighted by Gasteiger charge is 2.18. The van der Waals surface area contributed by atoms with Gasteiger partial charge in [-0.3, -0.25) is 4.79 Å². The largest absolute Gasteiger partial charge is 0.494 e. The summed E-state index contributed by atoms with van der Waals surface area (Å²) in [6.45, 7) is 10.2. The minimum Gasteiger partial charge on any atom is -0.494 e. The molecule has 7 heteroatoms. The molecule has 0 saturated heterocycles. The van der Waals surface area contributed by atoms with E-state index in [0.29, 0.717) is 18.0 Å². The van der Waals surface area contributed by atoms with E-state index in [9.17, 15) is 4.79 Å². The lowest BCUT2D eigenvalue weighted by atomic mass is 10.2. The van der Waals surface area contributed by atoms with E-state index in [2.05, 4.69) is 15.6 Å². The van der Waals surface area contributed by atoms with Crippen LogP contribution >= 0.6 is 0 Å². The van der Waals surface area contributed by atoms with E-state index in [1.165, 1.54) is 0 Å². The summed E-state index contributed by atoms with van der Waals surface area (Å²) in [4.78, 5) is 12.7. The van der Waals surface area contributed by atoms with Crippen molar-refractivity contribution in [2.24, 2.45) is 0 Å². The van der Waals surface area contributed by atoms with Crippen molar-refractivity contribution in [3.8, 4) is 17.2 Å². The highest BCUT2D eigenvalue weighted by molar-refractivity contribution is 6.03. The first kappa shape index (κ1) is 20.4.